The Hall–Kier alpha value is -4.05. The Morgan fingerprint density at radius 2 is 1.91 bits per heavy atom. The smallest absolute Gasteiger partial charge is 0.165 e. The van der Waals surface area contributed by atoms with Crippen LogP contribution in [0.5, 0.6) is 0 Å². The third-order valence-electron chi connectivity index (χ3n) is 4.20. The first-order valence-electron chi connectivity index (χ1n) is 9.97. The summed E-state index contributed by atoms with van der Waals surface area (Å²) in [5.74, 6) is -0.511. The molecule has 2 N–H and O–H groups in total. The lowest BCUT2D eigenvalue weighted by molar-refractivity contribution is 0.585. The first-order chi connectivity index (χ1) is 15.5. The SMILES string of the molecule is C=C/C=C(\C)NCCNc1nc(-c2ccc(F)cc2F)nc2ccccc12.C=CCC#N. The lowest BCUT2D eigenvalue weighted by atomic mass is 10.1. The second-order valence-corrected chi connectivity index (χ2v) is 6.63. The molecule has 0 spiro atoms. The fourth-order valence-electron chi connectivity index (χ4n) is 2.74. The molecule has 1 aromatic heterocycles. The average molecular weight is 434 g/mol. The molecule has 164 valence electrons. The first-order valence-corrected chi connectivity index (χ1v) is 9.97. The molecule has 0 unspecified atom stereocenters. The number of fused-ring (bicyclic) bond motifs is 1. The molecule has 0 bridgehead atoms. The van der Waals surface area contributed by atoms with Gasteiger partial charge in [-0.3, -0.25) is 0 Å². The summed E-state index contributed by atoms with van der Waals surface area (Å²) in [6.07, 6.45) is 5.63. The minimum atomic E-state index is -0.692. The molecule has 3 rings (SSSR count). The number of hydrogen-bond donors (Lipinski definition) is 2. The zero-order valence-electron chi connectivity index (χ0n) is 17.9. The Balaban J connectivity index is 0.000000654. The van der Waals surface area contributed by atoms with E-state index in [1.54, 1.807) is 12.2 Å². The van der Waals surface area contributed by atoms with E-state index in [1.165, 1.54) is 12.1 Å². The molecule has 0 aliphatic rings. The van der Waals surface area contributed by atoms with Crippen LogP contribution in [0.2, 0.25) is 0 Å². The summed E-state index contributed by atoms with van der Waals surface area (Å²) in [4.78, 5) is 8.90. The third kappa shape index (κ3) is 7.03. The highest BCUT2D eigenvalue weighted by molar-refractivity contribution is 5.90. The number of aromatic nitrogens is 2. The number of benzene rings is 2. The van der Waals surface area contributed by atoms with E-state index in [1.807, 2.05) is 43.3 Å². The van der Waals surface area contributed by atoms with Crippen molar-refractivity contribution in [2.24, 2.45) is 0 Å². The van der Waals surface area contributed by atoms with Gasteiger partial charge in [-0.05, 0) is 37.3 Å². The maximum atomic E-state index is 14.2. The summed E-state index contributed by atoms with van der Waals surface area (Å²) < 4.78 is 27.4. The van der Waals surface area contributed by atoms with E-state index in [0.717, 1.165) is 17.1 Å². The lowest BCUT2D eigenvalue weighted by Crippen LogP contribution is -2.21. The van der Waals surface area contributed by atoms with Crippen LogP contribution in [-0.4, -0.2) is 23.1 Å². The topological polar surface area (TPSA) is 73.6 Å². The second kappa shape index (κ2) is 12.6. The van der Waals surface area contributed by atoms with Gasteiger partial charge < -0.3 is 10.6 Å². The summed E-state index contributed by atoms with van der Waals surface area (Å²) in [5.41, 5.74) is 1.85. The number of halogens is 2. The van der Waals surface area contributed by atoms with Crippen molar-refractivity contribution >= 4 is 16.7 Å². The number of para-hydroxylation sites is 1. The fourth-order valence-corrected chi connectivity index (χ4v) is 2.74. The van der Waals surface area contributed by atoms with Gasteiger partial charge in [0, 0.05) is 30.2 Å². The normalized spacial score (nSPS) is 10.5. The standard InChI is InChI=1S/C21H20F2N4.C4H5N/c1-3-6-14(2)24-11-12-25-20-17-7-4-5-8-19(17)26-21(27-20)16-10-9-15(22)13-18(16)23;1-2-3-4-5/h3-10,13,24H,1,11-12H2,2H3,(H,25,26,27);2H,1,3H2/b14-6+;. The lowest BCUT2D eigenvalue weighted by Gasteiger charge is -2.12. The molecular formula is C25H25F2N5. The summed E-state index contributed by atoms with van der Waals surface area (Å²) in [6, 6.07) is 12.8. The largest absolute Gasteiger partial charge is 0.387 e. The molecular weight excluding hydrogens is 408 g/mol. The minimum absolute atomic E-state index is 0.160. The number of allylic oxidation sites excluding steroid dienone is 4. The number of rotatable bonds is 8. The Morgan fingerprint density at radius 1 is 1.12 bits per heavy atom. The van der Waals surface area contributed by atoms with E-state index >= 15 is 0 Å². The van der Waals surface area contributed by atoms with Gasteiger partial charge in [0.2, 0.25) is 0 Å². The highest BCUT2D eigenvalue weighted by atomic mass is 19.1. The predicted octanol–water partition coefficient (Wildman–Crippen LogP) is 5.75. The molecule has 0 amide bonds. The fraction of sp³-hybridized carbons (Fsp3) is 0.160. The van der Waals surface area contributed by atoms with Gasteiger partial charge in [-0.2, -0.15) is 5.26 Å². The van der Waals surface area contributed by atoms with Gasteiger partial charge in [0.25, 0.3) is 0 Å². The van der Waals surface area contributed by atoms with Crippen molar-refractivity contribution in [2.45, 2.75) is 13.3 Å². The molecule has 0 radical (unpaired) electrons. The van der Waals surface area contributed by atoms with Gasteiger partial charge in [0.1, 0.15) is 17.5 Å². The first kappa shape index (κ1) is 24.2. The molecule has 0 atom stereocenters. The van der Waals surface area contributed by atoms with E-state index in [0.29, 0.717) is 30.8 Å². The monoisotopic (exact) mass is 433 g/mol. The van der Waals surface area contributed by atoms with Gasteiger partial charge in [0.15, 0.2) is 5.82 Å². The van der Waals surface area contributed by atoms with Crippen LogP contribution in [0.25, 0.3) is 22.3 Å². The number of nitrogens with zero attached hydrogens (tertiary/aromatic N) is 3. The van der Waals surface area contributed by atoms with Crippen molar-refractivity contribution < 1.29 is 8.78 Å². The number of hydrogen-bond acceptors (Lipinski definition) is 5. The quantitative estimate of drug-likeness (QED) is 0.269. The summed E-state index contributed by atoms with van der Waals surface area (Å²) in [7, 11) is 0. The van der Waals surface area contributed by atoms with Crippen LogP contribution in [0, 0.1) is 23.0 Å². The highest BCUT2D eigenvalue weighted by Gasteiger charge is 2.13. The molecule has 1 heterocycles. The van der Waals surface area contributed by atoms with Crippen LogP contribution in [0.15, 0.2) is 79.5 Å². The zero-order valence-corrected chi connectivity index (χ0v) is 17.9. The van der Waals surface area contributed by atoms with E-state index in [-0.39, 0.29) is 11.4 Å². The summed E-state index contributed by atoms with van der Waals surface area (Å²) in [5, 5.41) is 15.1. The third-order valence-corrected chi connectivity index (χ3v) is 4.20. The molecule has 7 heteroatoms. The zero-order chi connectivity index (χ0) is 23.3. The van der Waals surface area contributed by atoms with Crippen LogP contribution >= 0.6 is 0 Å². The molecule has 3 aromatic rings. The number of nitrogens with one attached hydrogen (secondary N) is 2. The Labute approximate surface area is 186 Å². The van der Waals surface area contributed by atoms with Gasteiger partial charge in [-0.1, -0.05) is 30.9 Å². The van der Waals surface area contributed by atoms with Crippen LogP contribution in [0.1, 0.15) is 13.3 Å². The van der Waals surface area contributed by atoms with Gasteiger partial charge in [-0.25, -0.2) is 18.7 Å². The van der Waals surface area contributed by atoms with Crippen molar-refractivity contribution in [3.05, 3.63) is 91.2 Å². The molecule has 0 saturated heterocycles. The highest BCUT2D eigenvalue weighted by Crippen LogP contribution is 2.26. The van der Waals surface area contributed by atoms with Crippen molar-refractivity contribution in [3.63, 3.8) is 0 Å². The summed E-state index contributed by atoms with van der Waals surface area (Å²) >= 11 is 0. The van der Waals surface area contributed by atoms with Crippen LogP contribution < -0.4 is 10.6 Å². The van der Waals surface area contributed by atoms with Crippen molar-refractivity contribution in [1.29, 1.82) is 5.26 Å². The molecule has 5 nitrogen and oxygen atoms in total. The van der Waals surface area contributed by atoms with Crippen LogP contribution in [0.4, 0.5) is 14.6 Å². The van der Waals surface area contributed by atoms with Crippen LogP contribution in [0.3, 0.4) is 0 Å². The van der Waals surface area contributed by atoms with E-state index in [2.05, 4.69) is 33.8 Å². The predicted molar refractivity (Wildman–Crippen MR) is 126 cm³/mol. The van der Waals surface area contributed by atoms with Crippen molar-refractivity contribution in [2.75, 3.05) is 18.4 Å². The van der Waals surface area contributed by atoms with Crippen molar-refractivity contribution in [3.8, 4) is 17.5 Å². The molecule has 0 aliphatic carbocycles. The van der Waals surface area contributed by atoms with Gasteiger partial charge in [-0.15, -0.1) is 6.58 Å². The van der Waals surface area contributed by atoms with E-state index < -0.39 is 11.6 Å². The Morgan fingerprint density at radius 3 is 2.56 bits per heavy atom. The molecule has 0 saturated carbocycles. The maximum absolute atomic E-state index is 14.2. The number of nitriles is 1. The Kier molecular flexibility index (Phi) is 9.54. The van der Waals surface area contributed by atoms with Crippen molar-refractivity contribution in [1.82, 2.24) is 15.3 Å². The summed E-state index contributed by atoms with van der Waals surface area (Å²) in [6.45, 7) is 10.2. The van der Waals surface area contributed by atoms with E-state index in [9.17, 15) is 8.78 Å². The average Bonchev–Trinajstić information content (AvgIpc) is 2.77. The molecule has 32 heavy (non-hydrogen) atoms. The maximum Gasteiger partial charge on any atom is 0.165 e. The Bertz CT molecular complexity index is 1150. The van der Waals surface area contributed by atoms with Gasteiger partial charge >= 0.3 is 0 Å². The number of anilines is 1. The minimum Gasteiger partial charge on any atom is -0.387 e. The van der Waals surface area contributed by atoms with Gasteiger partial charge in [0.05, 0.1) is 23.6 Å². The van der Waals surface area contributed by atoms with Crippen LogP contribution in [-0.2, 0) is 0 Å². The molecule has 0 fully saturated rings. The van der Waals surface area contributed by atoms with E-state index in [4.69, 9.17) is 5.26 Å². The molecule has 0 aliphatic heterocycles. The molecule has 2 aromatic carbocycles. The second-order valence-electron chi connectivity index (χ2n) is 6.63.